The number of nitrogens with two attached hydrogens (primary N) is 1. The average molecular weight is 253 g/mol. The van der Waals surface area contributed by atoms with Crippen LogP contribution in [0.1, 0.15) is 58.0 Å². The lowest BCUT2D eigenvalue weighted by Gasteiger charge is -2.14. The highest BCUT2D eigenvalue weighted by Gasteiger charge is 2.21. The van der Waals surface area contributed by atoms with Crippen LogP contribution in [-0.4, -0.2) is 23.3 Å². The van der Waals surface area contributed by atoms with Crippen LogP contribution in [0.3, 0.4) is 0 Å². The van der Waals surface area contributed by atoms with Crippen molar-refractivity contribution in [3.63, 3.8) is 0 Å². The fourth-order valence-corrected chi connectivity index (χ4v) is 2.19. The van der Waals surface area contributed by atoms with E-state index in [-0.39, 0.29) is 5.92 Å². The fraction of sp³-hybridized carbons (Fsp3) is 0.786. The molecule has 0 saturated carbocycles. The maximum absolute atomic E-state index is 6.27. The molecule has 0 aromatic carbocycles. The van der Waals surface area contributed by atoms with Crippen LogP contribution in [0.4, 0.5) is 5.82 Å². The van der Waals surface area contributed by atoms with Crippen LogP contribution >= 0.6 is 0 Å². The number of nitrogen functional groups attached to an aromatic ring is 1. The highest BCUT2D eigenvalue weighted by Crippen LogP contribution is 2.27. The van der Waals surface area contributed by atoms with Crippen molar-refractivity contribution in [3.05, 3.63) is 11.5 Å². The molecule has 4 heteroatoms. The molecule has 0 bridgehead atoms. The number of aromatic nitrogens is 2. The first kappa shape index (κ1) is 15.0. The molecule has 0 fully saturated rings. The largest absolute Gasteiger partial charge is 0.384 e. The van der Waals surface area contributed by atoms with E-state index in [0.717, 1.165) is 23.9 Å². The Bertz CT molecular complexity index is 383. The summed E-state index contributed by atoms with van der Waals surface area (Å²) in [6.45, 7) is 12.4. The predicted molar refractivity (Wildman–Crippen MR) is 75.9 cm³/mol. The minimum absolute atomic E-state index is 0.237. The van der Waals surface area contributed by atoms with Crippen LogP contribution in [0.15, 0.2) is 0 Å². The molecule has 18 heavy (non-hydrogen) atoms. The van der Waals surface area contributed by atoms with Crippen LogP contribution in [0.25, 0.3) is 0 Å². The van der Waals surface area contributed by atoms with E-state index in [0.29, 0.717) is 18.4 Å². The van der Waals surface area contributed by atoms with E-state index < -0.39 is 0 Å². The van der Waals surface area contributed by atoms with E-state index in [2.05, 4.69) is 39.2 Å². The lowest BCUT2D eigenvalue weighted by Crippen LogP contribution is -2.13. The minimum atomic E-state index is 0.237. The molecular formula is C14H27N3O. The Morgan fingerprint density at radius 2 is 1.83 bits per heavy atom. The van der Waals surface area contributed by atoms with Gasteiger partial charge in [-0.15, -0.1) is 0 Å². The molecule has 1 rings (SSSR count). The fourth-order valence-electron chi connectivity index (χ4n) is 2.19. The number of methoxy groups -OCH3 is 1. The van der Waals surface area contributed by atoms with Gasteiger partial charge in [0.25, 0.3) is 0 Å². The lowest BCUT2D eigenvalue weighted by atomic mass is 10.1. The molecule has 0 saturated heterocycles. The third-order valence-electron chi connectivity index (χ3n) is 3.01. The summed E-state index contributed by atoms with van der Waals surface area (Å²) in [6.07, 6.45) is 0. The highest BCUT2D eigenvalue weighted by atomic mass is 16.5. The van der Waals surface area contributed by atoms with E-state index in [1.165, 1.54) is 0 Å². The molecule has 1 aromatic heterocycles. The Labute approximate surface area is 111 Å². The van der Waals surface area contributed by atoms with Gasteiger partial charge in [0.15, 0.2) is 0 Å². The molecule has 1 unspecified atom stereocenters. The van der Waals surface area contributed by atoms with Crippen LogP contribution in [0, 0.1) is 5.92 Å². The monoisotopic (exact) mass is 253 g/mol. The highest BCUT2D eigenvalue weighted by molar-refractivity contribution is 5.41. The molecular weight excluding hydrogens is 226 g/mol. The molecule has 0 spiro atoms. The van der Waals surface area contributed by atoms with Crippen molar-refractivity contribution in [2.24, 2.45) is 5.92 Å². The molecule has 104 valence electrons. The SMILES string of the molecule is COCC(C)c1nc(C(C)C)n(CC(C)C)c1N. The number of hydrogen-bond acceptors (Lipinski definition) is 3. The number of ether oxygens (including phenoxy) is 1. The third-order valence-corrected chi connectivity index (χ3v) is 3.01. The molecule has 0 amide bonds. The summed E-state index contributed by atoms with van der Waals surface area (Å²) in [4.78, 5) is 4.74. The average Bonchev–Trinajstić information content (AvgIpc) is 2.56. The van der Waals surface area contributed by atoms with Crippen molar-refractivity contribution in [2.45, 2.75) is 53.0 Å². The number of anilines is 1. The molecule has 0 radical (unpaired) electrons. The third kappa shape index (κ3) is 3.25. The summed E-state index contributed by atoms with van der Waals surface area (Å²) in [5, 5.41) is 0. The molecule has 1 heterocycles. The predicted octanol–water partition coefficient (Wildman–Crippen LogP) is 2.99. The first-order valence-electron chi connectivity index (χ1n) is 6.73. The normalized spacial score (nSPS) is 13.6. The summed E-state index contributed by atoms with van der Waals surface area (Å²) in [6, 6.07) is 0. The zero-order chi connectivity index (χ0) is 13.9. The van der Waals surface area contributed by atoms with Crippen molar-refractivity contribution in [3.8, 4) is 0 Å². The van der Waals surface area contributed by atoms with Crippen molar-refractivity contribution < 1.29 is 4.74 Å². The molecule has 0 aliphatic carbocycles. The van der Waals surface area contributed by atoms with Crippen LogP contribution < -0.4 is 5.73 Å². The van der Waals surface area contributed by atoms with Crippen LogP contribution in [0.2, 0.25) is 0 Å². The zero-order valence-corrected chi connectivity index (χ0v) is 12.5. The van der Waals surface area contributed by atoms with E-state index in [4.69, 9.17) is 15.5 Å². The smallest absolute Gasteiger partial charge is 0.127 e. The van der Waals surface area contributed by atoms with Gasteiger partial charge >= 0.3 is 0 Å². The zero-order valence-electron chi connectivity index (χ0n) is 12.5. The Hall–Kier alpha value is -1.03. The maximum Gasteiger partial charge on any atom is 0.127 e. The summed E-state index contributed by atoms with van der Waals surface area (Å²) < 4.78 is 7.36. The summed E-state index contributed by atoms with van der Waals surface area (Å²) in [7, 11) is 1.71. The Morgan fingerprint density at radius 1 is 1.22 bits per heavy atom. The van der Waals surface area contributed by atoms with Crippen molar-refractivity contribution in [1.29, 1.82) is 0 Å². The second kappa shape index (κ2) is 6.23. The number of imidazole rings is 1. The van der Waals surface area contributed by atoms with Gasteiger partial charge in [-0.2, -0.15) is 0 Å². The molecule has 0 aliphatic heterocycles. The topological polar surface area (TPSA) is 53.1 Å². The van der Waals surface area contributed by atoms with Crippen LogP contribution in [0.5, 0.6) is 0 Å². The van der Waals surface area contributed by atoms with Gasteiger partial charge in [-0.3, -0.25) is 0 Å². The quantitative estimate of drug-likeness (QED) is 0.848. The Balaban J connectivity index is 3.14. The van der Waals surface area contributed by atoms with Gasteiger partial charge in [0.1, 0.15) is 11.6 Å². The van der Waals surface area contributed by atoms with E-state index in [1.54, 1.807) is 7.11 Å². The van der Waals surface area contributed by atoms with Crippen molar-refractivity contribution >= 4 is 5.82 Å². The van der Waals surface area contributed by atoms with Gasteiger partial charge in [-0.05, 0) is 5.92 Å². The molecule has 4 nitrogen and oxygen atoms in total. The number of nitrogens with zero attached hydrogens (tertiary/aromatic N) is 2. The summed E-state index contributed by atoms with van der Waals surface area (Å²) in [5.41, 5.74) is 7.24. The second-order valence-corrected chi connectivity index (χ2v) is 5.76. The van der Waals surface area contributed by atoms with Gasteiger partial charge in [0.2, 0.25) is 0 Å². The Kier molecular flexibility index (Phi) is 5.20. The Morgan fingerprint density at radius 3 is 2.28 bits per heavy atom. The van der Waals surface area contributed by atoms with Gasteiger partial charge in [0, 0.05) is 25.5 Å². The molecule has 0 aliphatic rings. The van der Waals surface area contributed by atoms with Crippen LogP contribution in [-0.2, 0) is 11.3 Å². The van der Waals surface area contributed by atoms with Crippen molar-refractivity contribution in [1.82, 2.24) is 9.55 Å². The van der Waals surface area contributed by atoms with Gasteiger partial charge in [-0.25, -0.2) is 4.98 Å². The first-order valence-corrected chi connectivity index (χ1v) is 6.73. The molecule has 1 aromatic rings. The lowest BCUT2D eigenvalue weighted by molar-refractivity contribution is 0.183. The molecule has 1 atom stereocenters. The van der Waals surface area contributed by atoms with E-state index >= 15 is 0 Å². The summed E-state index contributed by atoms with van der Waals surface area (Å²) in [5.74, 6) is 3.07. The van der Waals surface area contributed by atoms with Gasteiger partial charge < -0.3 is 15.0 Å². The number of hydrogen-bond donors (Lipinski definition) is 1. The second-order valence-electron chi connectivity index (χ2n) is 5.76. The number of rotatable bonds is 6. The molecule has 2 N–H and O–H groups in total. The minimum Gasteiger partial charge on any atom is -0.384 e. The van der Waals surface area contributed by atoms with Gasteiger partial charge in [0.05, 0.1) is 12.3 Å². The van der Waals surface area contributed by atoms with E-state index in [9.17, 15) is 0 Å². The van der Waals surface area contributed by atoms with E-state index in [1.807, 2.05) is 0 Å². The maximum atomic E-state index is 6.27. The standard InChI is InChI=1S/C14H27N3O/c1-9(2)7-17-13(15)12(11(5)8-18-6)16-14(17)10(3)4/h9-11H,7-8,15H2,1-6H3. The summed E-state index contributed by atoms with van der Waals surface area (Å²) >= 11 is 0. The van der Waals surface area contributed by atoms with Gasteiger partial charge in [-0.1, -0.05) is 34.6 Å². The van der Waals surface area contributed by atoms with Crippen molar-refractivity contribution in [2.75, 3.05) is 19.5 Å². The first-order chi connectivity index (χ1) is 8.38.